The summed E-state index contributed by atoms with van der Waals surface area (Å²) in [5.41, 5.74) is 7.07. The fourth-order valence-corrected chi connectivity index (χ4v) is 1.23. The number of rotatable bonds is 9. The lowest BCUT2D eigenvalue weighted by Crippen LogP contribution is -2.50. The van der Waals surface area contributed by atoms with Gasteiger partial charge in [-0.3, -0.25) is 19.2 Å². The standard InChI is InChI=1S/C11H20N4O5/c1-5(12)10(18)15-7(9(13)17)3-4-8(16)14-6(2)11(19)20/h5-7H,3-4,12H2,1-2H3,(H2,13,17)(H,14,16)(H,15,18)(H,19,20)/t5-,6-,7-/m0/s1/i/hD. The lowest BCUT2D eigenvalue weighted by atomic mass is 10.1. The monoisotopic (exact) mass is 289 g/mol. The fourth-order valence-electron chi connectivity index (χ4n) is 1.23. The smallest absolute Gasteiger partial charge is 0.325 e. The molecule has 20 heavy (non-hydrogen) atoms. The van der Waals surface area contributed by atoms with Crippen LogP contribution in [0.1, 0.15) is 26.7 Å². The number of carboxylic acid groups (broad SMARTS) is 1. The van der Waals surface area contributed by atoms with Crippen molar-refractivity contribution in [3.05, 3.63) is 0 Å². The van der Waals surface area contributed by atoms with E-state index in [4.69, 9.17) is 12.3 Å². The number of amides is 3. The van der Waals surface area contributed by atoms with Gasteiger partial charge in [-0.1, -0.05) is 0 Å². The van der Waals surface area contributed by atoms with Crippen molar-refractivity contribution < 1.29 is 25.7 Å². The van der Waals surface area contributed by atoms with Crippen LogP contribution in [-0.2, 0) is 19.2 Å². The molecule has 3 amide bonds. The highest BCUT2D eigenvalue weighted by Gasteiger charge is 2.21. The number of primary amides is 1. The molecule has 0 radical (unpaired) electrons. The predicted molar refractivity (Wildman–Crippen MR) is 69.2 cm³/mol. The number of hydrogen-bond acceptors (Lipinski definition) is 5. The van der Waals surface area contributed by atoms with E-state index in [9.17, 15) is 19.2 Å². The van der Waals surface area contributed by atoms with E-state index in [1.807, 2.05) is 5.73 Å². The molecule has 0 unspecified atom stereocenters. The molecule has 114 valence electrons. The van der Waals surface area contributed by atoms with E-state index >= 15 is 0 Å². The maximum Gasteiger partial charge on any atom is 0.325 e. The van der Waals surface area contributed by atoms with Crippen molar-refractivity contribution in [2.45, 2.75) is 44.8 Å². The Labute approximate surface area is 117 Å². The fraction of sp³-hybridized carbons (Fsp3) is 0.636. The molecule has 0 spiro atoms. The van der Waals surface area contributed by atoms with Crippen LogP contribution >= 0.6 is 0 Å². The molecule has 0 aromatic carbocycles. The Morgan fingerprint density at radius 1 is 1.25 bits per heavy atom. The molecule has 0 rings (SSSR count). The topological polar surface area (TPSA) is 165 Å². The average molecular weight is 289 g/mol. The van der Waals surface area contributed by atoms with Crippen molar-refractivity contribution in [1.82, 2.24) is 10.6 Å². The highest BCUT2D eigenvalue weighted by Crippen LogP contribution is 1.99. The molecule has 0 aliphatic heterocycles. The number of carbonyl (C=O) groups is 4. The maximum absolute atomic E-state index is 11.5. The minimum absolute atomic E-state index is 0.0655. The first kappa shape index (κ1) is 15.9. The molecule has 0 aromatic rings. The van der Waals surface area contributed by atoms with E-state index in [-0.39, 0.29) is 12.8 Å². The third kappa shape index (κ3) is 6.69. The zero-order valence-corrected chi connectivity index (χ0v) is 11.3. The van der Waals surface area contributed by atoms with E-state index in [0.29, 0.717) is 0 Å². The zero-order chi connectivity index (χ0) is 16.6. The molecule has 0 fully saturated rings. The molecule has 0 aliphatic carbocycles. The summed E-state index contributed by atoms with van der Waals surface area (Å²) in [7, 11) is 0. The van der Waals surface area contributed by atoms with Crippen LogP contribution in [0.4, 0.5) is 0 Å². The van der Waals surface area contributed by atoms with Crippen LogP contribution in [0.2, 0.25) is 1.41 Å². The normalized spacial score (nSPS) is 15.4. The second kappa shape index (κ2) is 8.10. The lowest BCUT2D eigenvalue weighted by Gasteiger charge is -2.17. The van der Waals surface area contributed by atoms with E-state index in [0.717, 1.165) is 0 Å². The summed E-state index contributed by atoms with van der Waals surface area (Å²) in [6, 6.07) is -2.96. The maximum atomic E-state index is 11.5. The number of nitrogens with two attached hydrogens (primary N) is 2. The Hall–Kier alpha value is -2.16. The summed E-state index contributed by atoms with van der Waals surface area (Å²) >= 11 is 0. The zero-order valence-electron chi connectivity index (χ0n) is 12.3. The van der Waals surface area contributed by atoms with Gasteiger partial charge in [0.25, 0.3) is 0 Å². The van der Waals surface area contributed by atoms with Gasteiger partial charge in [0.1, 0.15) is 13.5 Å². The van der Waals surface area contributed by atoms with E-state index in [2.05, 4.69) is 10.6 Å². The Kier molecular flexibility index (Phi) is 6.44. The summed E-state index contributed by atoms with van der Waals surface area (Å²) in [4.78, 5) is 44.8. The van der Waals surface area contributed by atoms with Gasteiger partial charge >= 0.3 is 5.97 Å². The number of carboxylic acids is 1. The first-order valence-corrected chi connectivity index (χ1v) is 5.98. The second-order valence-electron chi connectivity index (χ2n) is 4.35. The molecular formula is C11H20N4O5. The largest absolute Gasteiger partial charge is 0.480 e. The van der Waals surface area contributed by atoms with Crippen LogP contribution in [-0.4, -0.2) is 46.9 Å². The Balaban J connectivity index is 4.40. The van der Waals surface area contributed by atoms with Gasteiger partial charge in [0.05, 0.1) is 6.04 Å². The van der Waals surface area contributed by atoms with E-state index in [1.165, 1.54) is 13.8 Å². The molecule has 9 nitrogen and oxygen atoms in total. The van der Waals surface area contributed by atoms with Crippen molar-refractivity contribution in [1.29, 1.82) is 0 Å². The van der Waals surface area contributed by atoms with Crippen LogP contribution in [0.5, 0.6) is 0 Å². The summed E-state index contributed by atoms with van der Waals surface area (Å²) in [5, 5.41) is 13.2. The SMILES string of the molecule is [2H]N[C@@H](C)C(=O)N[C@@H](CCC(=O)N[C@@H](C)C(=O)O)C(N)=O. The van der Waals surface area contributed by atoms with Crippen molar-refractivity contribution >= 4 is 23.7 Å². The van der Waals surface area contributed by atoms with Gasteiger partial charge in [0.2, 0.25) is 17.7 Å². The minimum Gasteiger partial charge on any atom is -0.480 e. The third-order valence-corrected chi connectivity index (χ3v) is 2.46. The molecule has 0 aliphatic rings. The molecule has 0 heterocycles. The van der Waals surface area contributed by atoms with Crippen molar-refractivity contribution in [3.8, 4) is 0 Å². The van der Waals surface area contributed by atoms with Crippen molar-refractivity contribution in [3.63, 3.8) is 0 Å². The van der Waals surface area contributed by atoms with Gasteiger partial charge in [-0.2, -0.15) is 0 Å². The highest BCUT2D eigenvalue weighted by atomic mass is 16.4. The van der Waals surface area contributed by atoms with Gasteiger partial charge in [0.15, 0.2) is 0 Å². The summed E-state index contributed by atoms with van der Waals surface area (Å²) in [6.07, 6.45) is -0.238. The van der Waals surface area contributed by atoms with Crippen molar-refractivity contribution in [2.24, 2.45) is 11.5 Å². The molecule has 7 N–H and O–H groups in total. The van der Waals surface area contributed by atoms with Crippen LogP contribution in [0.25, 0.3) is 0 Å². The highest BCUT2D eigenvalue weighted by molar-refractivity contribution is 5.89. The minimum atomic E-state index is -1.18. The van der Waals surface area contributed by atoms with Crippen LogP contribution in [0.3, 0.4) is 0 Å². The van der Waals surface area contributed by atoms with Gasteiger partial charge in [-0.05, 0) is 20.3 Å². The molecule has 0 bridgehead atoms. The van der Waals surface area contributed by atoms with Crippen LogP contribution < -0.4 is 22.1 Å². The first-order valence-electron chi connectivity index (χ1n) is 6.48. The molecular weight excluding hydrogens is 268 g/mol. The number of carbonyl (C=O) groups excluding carboxylic acids is 3. The van der Waals surface area contributed by atoms with Crippen LogP contribution in [0.15, 0.2) is 0 Å². The van der Waals surface area contributed by atoms with E-state index < -0.39 is 41.8 Å². The Bertz CT molecular complexity index is 417. The summed E-state index contributed by atoms with van der Waals surface area (Å²) in [5.74, 6) is -3.18. The van der Waals surface area contributed by atoms with Gasteiger partial charge in [-0.25, -0.2) is 0 Å². The summed E-state index contributed by atoms with van der Waals surface area (Å²) in [6.45, 7) is 2.72. The first-order chi connectivity index (χ1) is 9.68. The third-order valence-electron chi connectivity index (χ3n) is 2.46. The molecule has 0 saturated carbocycles. The van der Waals surface area contributed by atoms with Gasteiger partial charge < -0.3 is 27.2 Å². The summed E-state index contributed by atoms with van der Waals surface area (Å²) < 4.78 is 6.83. The van der Waals surface area contributed by atoms with Crippen LogP contribution in [0, 0.1) is 0 Å². The number of aliphatic carboxylic acids is 1. The Morgan fingerprint density at radius 2 is 1.85 bits per heavy atom. The molecule has 9 heteroatoms. The number of nitrogens with one attached hydrogen (secondary N) is 2. The van der Waals surface area contributed by atoms with Gasteiger partial charge in [0, 0.05) is 6.42 Å². The van der Waals surface area contributed by atoms with Crippen molar-refractivity contribution in [2.75, 3.05) is 0 Å². The average Bonchev–Trinajstić information content (AvgIpc) is 2.41. The molecule has 0 saturated heterocycles. The quantitative estimate of drug-likeness (QED) is 0.319. The Morgan fingerprint density at radius 3 is 2.30 bits per heavy atom. The lowest BCUT2D eigenvalue weighted by molar-refractivity contribution is -0.141. The molecule has 0 aromatic heterocycles. The molecule has 3 atom stereocenters. The number of hydrogen-bond donors (Lipinski definition) is 5. The predicted octanol–water partition coefficient (Wildman–Crippen LogP) is -2.33. The second-order valence-corrected chi connectivity index (χ2v) is 4.35. The van der Waals surface area contributed by atoms with Gasteiger partial charge in [-0.15, -0.1) is 0 Å². The van der Waals surface area contributed by atoms with E-state index in [1.54, 1.807) is 0 Å².